The molecule has 1 saturated heterocycles. The second-order valence-electron chi connectivity index (χ2n) is 7.75. The molecule has 5 nitrogen and oxygen atoms in total. The summed E-state index contributed by atoms with van der Waals surface area (Å²) in [7, 11) is 2.06. The van der Waals surface area contributed by atoms with E-state index in [1.165, 1.54) is 0 Å². The van der Waals surface area contributed by atoms with Gasteiger partial charge in [0.05, 0.1) is 23.8 Å². The van der Waals surface area contributed by atoms with Crippen molar-refractivity contribution in [3.8, 4) is 0 Å². The minimum Gasteiger partial charge on any atom is -1.00 e. The number of benzene rings is 2. The summed E-state index contributed by atoms with van der Waals surface area (Å²) in [6.45, 7) is 1.89. The van der Waals surface area contributed by atoms with Crippen LogP contribution in [-0.4, -0.2) is 36.3 Å². The van der Waals surface area contributed by atoms with Crippen LogP contribution in [0.3, 0.4) is 0 Å². The molecular formula is C21H22BrCl2IN4O. The Hall–Kier alpha value is -0.870. The van der Waals surface area contributed by atoms with E-state index in [-0.39, 0.29) is 35.9 Å². The van der Waals surface area contributed by atoms with Crippen molar-refractivity contribution in [1.82, 2.24) is 5.43 Å². The summed E-state index contributed by atoms with van der Waals surface area (Å²) in [6, 6.07) is 13.3. The molecular weight excluding hydrogens is 602 g/mol. The summed E-state index contributed by atoms with van der Waals surface area (Å²) < 4.78 is 1.56. The monoisotopic (exact) mass is 622 g/mol. The van der Waals surface area contributed by atoms with Gasteiger partial charge in [0.25, 0.3) is 0 Å². The lowest BCUT2D eigenvalue weighted by Gasteiger charge is -2.28. The molecule has 0 saturated carbocycles. The quantitative estimate of drug-likeness (QED) is 0.420. The SMILES string of the molecule is C[N+]1(NC(=O)C2=NN(c3ccc(Cl)cc3Cl)C(c3ccc(Br)cc3)C2)CCCC1.[I-]. The maximum Gasteiger partial charge on any atom is 0.312 e. The first-order valence-corrected chi connectivity index (χ1v) is 11.1. The lowest BCUT2D eigenvalue weighted by molar-refractivity contribution is -0.931. The summed E-state index contributed by atoms with van der Waals surface area (Å²) in [6.07, 6.45) is 2.75. The lowest BCUT2D eigenvalue weighted by atomic mass is 10.0. The highest BCUT2D eigenvalue weighted by molar-refractivity contribution is 9.10. The first kappa shape index (κ1) is 23.8. The fourth-order valence-corrected chi connectivity index (χ4v) is 4.70. The predicted octanol–water partition coefficient (Wildman–Crippen LogP) is 2.34. The van der Waals surface area contributed by atoms with Crippen LogP contribution in [-0.2, 0) is 4.79 Å². The molecule has 2 aromatic rings. The molecule has 1 amide bonds. The Morgan fingerprint density at radius 1 is 1.17 bits per heavy atom. The first-order chi connectivity index (χ1) is 13.8. The van der Waals surface area contributed by atoms with E-state index >= 15 is 0 Å². The molecule has 2 aromatic carbocycles. The zero-order valence-corrected chi connectivity index (χ0v) is 21.7. The normalized spacial score (nSPS) is 19.9. The second-order valence-corrected chi connectivity index (χ2v) is 9.51. The van der Waals surface area contributed by atoms with Crippen molar-refractivity contribution in [2.45, 2.75) is 25.3 Å². The lowest BCUT2D eigenvalue weighted by Crippen LogP contribution is -3.00. The third-order valence-electron chi connectivity index (χ3n) is 5.51. The van der Waals surface area contributed by atoms with Crippen molar-refractivity contribution >= 4 is 56.4 Å². The smallest absolute Gasteiger partial charge is 0.312 e. The zero-order chi connectivity index (χ0) is 20.6. The van der Waals surface area contributed by atoms with Gasteiger partial charge in [-0.2, -0.15) is 10.5 Å². The van der Waals surface area contributed by atoms with Crippen LogP contribution in [0.2, 0.25) is 10.0 Å². The van der Waals surface area contributed by atoms with Crippen LogP contribution in [0.25, 0.3) is 0 Å². The Morgan fingerprint density at radius 3 is 2.47 bits per heavy atom. The van der Waals surface area contributed by atoms with Gasteiger partial charge < -0.3 is 24.0 Å². The van der Waals surface area contributed by atoms with Gasteiger partial charge in [-0.25, -0.2) is 4.59 Å². The Morgan fingerprint density at radius 2 is 1.83 bits per heavy atom. The molecule has 1 atom stereocenters. The molecule has 160 valence electrons. The number of amides is 1. The third-order valence-corrected chi connectivity index (χ3v) is 6.58. The summed E-state index contributed by atoms with van der Waals surface area (Å²) in [5, 5.41) is 7.59. The van der Waals surface area contributed by atoms with Gasteiger partial charge in [-0.1, -0.05) is 51.3 Å². The molecule has 2 aliphatic heterocycles. The van der Waals surface area contributed by atoms with Crippen LogP contribution in [0.15, 0.2) is 52.0 Å². The molecule has 0 aromatic heterocycles. The Bertz CT molecular complexity index is 964. The van der Waals surface area contributed by atoms with Crippen LogP contribution in [0.5, 0.6) is 0 Å². The van der Waals surface area contributed by atoms with E-state index in [0.29, 0.717) is 26.8 Å². The molecule has 30 heavy (non-hydrogen) atoms. The van der Waals surface area contributed by atoms with Gasteiger partial charge in [-0.3, -0.25) is 9.80 Å². The Labute approximate surface area is 212 Å². The molecule has 0 spiro atoms. The van der Waals surface area contributed by atoms with Gasteiger partial charge in [0, 0.05) is 28.8 Å². The number of hydrazone groups is 1. The number of hydrogen-bond donors (Lipinski definition) is 1. The summed E-state index contributed by atoms with van der Waals surface area (Å²) in [5.74, 6) is -0.121. The number of nitrogens with zero attached hydrogens (tertiary/aromatic N) is 3. The first-order valence-electron chi connectivity index (χ1n) is 9.59. The third kappa shape index (κ3) is 5.12. The molecule has 0 bridgehead atoms. The van der Waals surface area contributed by atoms with Crippen molar-refractivity contribution in [2.24, 2.45) is 5.10 Å². The Kier molecular flexibility index (Phi) is 7.71. The van der Waals surface area contributed by atoms with Gasteiger partial charge in [0.2, 0.25) is 0 Å². The number of hydrogen-bond acceptors (Lipinski definition) is 3. The van der Waals surface area contributed by atoms with Crippen molar-refractivity contribution in [3.05, 3.63) is 62.5 Å². The van der Waals surface area contributed by atoms with Crippen LogP contribution in [0.1, 0.15) is 30.9 Å². The minimum absolute atomic E-state index is 0. The van der Waals surface area contributed by atoms with E-state index in [4.69, 9.17) is 28.3 Å². The fourth-order valence-electron chi connectivity index (χ4n) is 3.94. The topological polar surface area (TPSA) is 44.7 Å². The molecule has 4 rings (SSSR count). The number of likely N-dealkylation sites (tertiary alicyclic amines) is 1. The maximum absolute atomic E-state index is 13.0. The van der Waals surface area contributed by atoms with Crippen LogP contribution >= 0.6 is 39.1 Å². The van der Waals surface area contributed by atoms with Gasteiger partial charge in [0.15, 0.2) is 0 Å². The van der Waals surface area contributed by atoms with Crippen LogP contribution in [0.4, 0.5) is 5.69 Å². The zero-order valence-electron chi connectivity index (χ0n) is 16.4. The Balaban J connectivity index is 0.00000256. The van der Waals surface area contributed by atoms with Gasteiger partial charge >= 0.3 is 5.91 Å². The van der Waals surface area contributed by atoms with Gasteiger partial charge in [-0.15, -0.1) is 0 Å². The highest BCUT2D eigenvalue weighted by Crippen LogP contribution is 2.40. The summed E-state index contributed by atoms with van der Waals surface area (Å²) in [5.41, 5.74) is 5.46. The number of carbonyl (C=O) groups excluding carboxylic acids is 1. The van der Waals surface area contributed by atoms with Gasteiger partial charge in [-0.05, 0) is 35.9 Å². The average Bonchev–Trinajstić information content (AvgIpc) is 3.29. The van der Waals surface area contributed by atoms with E-state index in [9.17, 15) is 4.79 Å². The maximum atomic E-state index is 13.0. The molecule has 0 radical (unpaired) electrons. The summed E-state index contributed by atoms with van der Waals surface area (Å²) >= 11 is 16.0. The van der Waals surface area contributed by atoms with E-state index in [0.717, 1.165) is 41.7 Å². The molecule has 1 N–H and O–H groups in total. The van der Waals surface area contributed by atoms with Crippen molar-refractivity contribution < 1.29 is 33.4 Å². The van der Waals surface area contributed by atoms with Crippen LogP contribution in [0, 0.1) is 0 Å². The molecule has 2 aliphatic rings. The van der Waals surface area contributed by atoms with Gasteiger partial charge in [0.1, 0.15) is 18.8 Å². The molecule has 0 aliphatic carbocycles. The highest BCUT2D eigenvalue weighted by atomic mass is 127. The number of rotatable bonds is 4. The van der Waals surface area contributed by atoms with E-state index < -0.39 is 0 Å². The van der Waals surface area contributed by atoms with Crippen molar-refractivity contribution in [1.29, 1.82) is 0 Å². The fraction of sp³-hybridized carbons (Fsp3) is 0.333. The standard InChI is InChI=1S/C21H21BrCl2N4O.HI/c1-28(10-2-3-11-28)26-21(29)18-13-20(14-4-6-15(22)7-5-14)27(25-18)19-9-8-16(23)12-17(19)24;/h4-9,12,20H,2-3,10-11,13H2,1H3;1H. The molecule has 1 fully saturated rings. The predicted molar refractivity (Wildman–Crippen MR) is 121 cm³/mol. The van der Waals surface area contributed by atoms with E-state index in [1.54, 1.807) is 12.1 Å². The highest BCUT2D eigenvalue weighted by Gasteiger charge is 2.37. The largest absolute Gasteiger partial charge is 1.00 e. The molecule has 2 heterocycles. The van der Waals surface area contributed by atoms with E-state index in [1.807, 2.05) is 35.3 Å². The van der Waals surface area contributed by atoms with Crippen molar-refractivity contribution in [2.75, 3.05) is 25.1 Å². The number of nitrogens with one attached hydrogen (secondary N) is 1. The average molecular weight is 624 g/mol. The second kappa shape index (κ2) is 9.73. The minimum atomic E-state index is -0.121. The number of carbonyl (C=O) groups is 1. The van der Waals surface area contributed by atoms with Crippen molar-refractivity contribution in [3.63, 3.8) is 0 Å². The number of anilines is 1. The van der Waals surface area contributed by atoms with E-state index in [2.05, 4.69) is 28.4 Å². The number of quaternary nitrogens is 1. The number of halogens is 4. The molecule has 1 unspecified atom stereocenters. The summed E-state index contributed by atoms with van der Waals surface area (Å²) in [4.78, 5) is 13.0. The molecule has 9 heteroatoms. The van der Waals surface area contributed by atoms with Crippen LogP contribution < -0.4 is 34.4 Å².